The lowest BCUT2D eigenvalue weighted by Crippen LogP contribution is -2.47. The molecule has 0 radical (unpaired) electrons. The Morgan fingerprint density at radius 2 is 1.90 bits per heavy atom. The van der Waals surface area contributed by atoms with Crippen molar-refractivity contribution in [3.05, 3.63) is 18.2 Å². The molecule has 0 amide bonds. The van der Waals surface area contributed by atoms with E-state index in [1.54, 1.807) is 26.0 Å². The molecule has 0 aromatic heterocycles. The first-order valence-electron chi connectivity index (χ1n) is 6.77. The minimum Gasteiger partial charge on any atom is -0.491 e. The predicted octanol–water partition coefficient (Wildman–Crippen LogP) is 1.80. The third-order valence-electron chi connectivity index (χ3n) is 2.50. The summed E-state index contributed by atoms with van der Waals surface area (Å²) in [6.07, 6.45) is 1.20. The van der Waals surface area contributed by atoms with Crippen molar-refractivity contribution in [3.8, 4) is 5.75 Å². The molecule has 0 saturated heterocycles. The molecule has 0 aliphatic heterocycles. The fraction of sp³-hybridized carbons (Fsp3) is 0.571. The number of ether oxygens (including phenoxy) is 1. The van der Waals surface area contributed by atoms with Gasteiger partial charge in [0.05, 0.1) is 12.4 Å². The smallest absolute Gasteiger partial charge is 0.209 e. The molecule has 0 unspecified atom stereocenters. The van der Waals surface area contributed by atoms with Crippen molar-refractivity contribution in [1.82, 2.24) is 4.72 Å². The van der Waals surface area contributed by atoms with E-state index in [4.69, 9.17) is 10.5 Å². The summed E-state index contributed by atoms with van der Waals surface area (Å²) in [5.74, 6) is 0.682. The van der Waals surface area contributed by atoms with Gasteiger partial charge >= 0.3 is 0 Å². The second-order valence-electron chi connectivity index (χ2n) is 6.07. The lowest BCUT2D eigenvalue weighted by Gasteiger charge is -2.26. The van der Waals surface area contributed by atoms with Crippen molar-refractivity contribution < 1.29 is 13.2 Å². The zero-order valence-electron chi connectivity index (χ0n) is 13.2. The lowest BCUT2D eigenvalue weighted by atomic mass is 10.1. The monoisotopic (exact) mass is 315 g/mol. The molecule has 0 bridgehead atoms. The van der Waals surface area contributed by atoms with Gasteiger partial charge in [0.2, 0.25) is 10.0 Å². The van der Waals surface area contributed by atoms with Gasteiger partial charge < -0.3 is 15.8 Å². The molecule has 0 aliphatic carbocycles. The quantitative estimate of drug-likeness (QED) is 0.667. The zero-order valence-corrected chi connectivity index (χ0v) is 14.0. The topological polar surface area (TPSA) is 93.4 Å². The standard InChI is InChI=1S/C14H25N3O3S/c1-10(2)20-13-7-11(15)6-12(8-13)16-9-14(3,4)17-21(5,18)19/h6-8,10,16-17H,9,15H2,1-5H3. The molecule has 0 spiro atoms. The van der Waals surface area contributed by atoms with Crippen LogP contribution in [0.5, 0.6) is 5.75 Å². The number of nitrogens with one attached hydrogen (secondary N) is 2. The van der Waals surface area contributed by atoms with Gasteiger partial charge in [-0.3, -0.25) is 0 Å². The first-order valence-corrected chi connectivity index (χ1v) is 8.66. The predicted molar refractivity (Wildman–Crippen MR) is 87.2 cm³/mol. The SMILES string of the molecule is CC(C)Oc1cc(N)cc(NCC(C)(C)NS(C)(=O)=O)c1. The highest BCUT2D eigenvalue weighted by atomic mass is 32.2. The van der Waals surface area contributed by atoms with E-state index in [1.807, 2.05) is 19.9 Å². The Kier molecular flexibility index (Phi) is 5.47. The molecule has 7 heteroatoms. The summed E-state index contributed by atoms with van der Waals surface area (Å²) in [5.41, 5.74) is 6.60. The van der Waals surface area contributed by atoms with E-state index < -0.39 is 15.6 Å². The van der Waals surface area contributed by atoms with Gasteiger partial charge in [-0.25, -0.2) is 13.1 Å². The summed E-state index contributed by atoms with van der Waals surface area (Å²) in [5, 5.41) is 3.18. The van der Waals surface area contributed by atoms with Crippen LogP contribution in [-0.4, -0.2) is 32.9 Å². The minimum absolute atomic E-state index is 0.0583. The molecule has 21 heavy (non-hydrogen) atoms. The molecule has 0 aliphatic rings. The van der Waals surface area contributed by atoms with Crippen molar-refractivity contribution in [2.45, 2.75) is 39.3 Å². The summed E-state index contributed by atoms with van der Waals surface area (Å²) in [6.45, 7) is 7.91. The number of rotatable bonds is 7. The van der Waals surface area contributed by atoms with Gasteiger partial charge in [-0.1, -0.05) is 0 Å². The maximum atomic E-state index is 11.3. The fourth-order valence-electron chi connectivity index (χ4n) is 1.93. The first kappa shape index (κ1) is 17.6. The second-order valence-corrected chi connectivity index (χ2v) is 7.82. The molecular formula is C14H25N3O3S. The maximum Gasteiger partial charge on any atom is 0.209 e. The minimum atomic E-state index is -3.26. The number of nitrogens with two attached hydrogens (primary N) is 1. The van der Waals surface area contributed by atoms with Crippen LogP contribution in [0.3, 0.4) is 0 Å². The molecule has 0 fully saturated rings. The van der Waals surface area contributed by atoms with E-state index in [1.165, 1.54) is 0 Å². The highest BCUT2D eigenvalue weighted by molar-refractivity contribution is 7.88. The highest BCUT2D eigenvalue weighted by Gasteiger charge is 2.21. The maximum absolute atomic E-state index is 11.3. The molecule has 6 nitrogen and oxygen atoms in total. The van der Waals surface area contributed by atoms with Crippen LogP contribution in [0.15, 0.2) is 18.2 Å². The van der Waals surface area contributed by atoms with Gasteiger partial charge in [-0.05, 0) is 33.8 Å². The number of nitrogen functional groups attached to an aromatic ring is 1. The summed E-state index contributed by atoms with van der Waals surface area (Å²) < 4.78 is 30.8. The van der Waals surface area contributed by atoms with Gasteiger partial charge in [0, 0.05) is 35.6 Å². The van der Waals surface area contributed by atoms with Crippen molar-refractivity contribution in [2.24, 2.45) is 0 Å². The van der Waals surface area contributed by atoms with Crippen molar-refractivity contribution in [3.63, 3.8) is 0 Å². The van der Waals surface area contributed by atoms with Gasteiger partial charge in [-0.15, -0.1) is 0 Å². The van der Waals surface area contributed by atoms with Crippen LogP contribution in [-0.2, 0) is 10.0 Å². The first-order chi connectivity index (χ1) is 9.47. The van der Waals surface area contributed by atoms with E-state index in [2.05, 4.69) is 10.0 Å². The summed E-state index contributed by atoms with van der Waals surface area (Å²) >= 11 is 0. The number of hydrogen-bond donors (Lipinski definition) is 3. The largest absolute Gasteiger partial charge is 0.491 e. The lowest BCUT2D eigenvalue weighted by molar-refractivity contribution is 0.242. The Labute approximate surface area is 127 Å². The van der Waals surface area contributed by atoms with E-state index in [0.29, 0.717) is 18.0 Å². The van der Waals surface area contributed by atoms with Crippen LogP contribution in [0.25, 0.3) is 0 Å². The molecule has 1 aromatic rings. The number of sulfonamides is 1. The number of hydrogen-bond acceptors (Lipinski definition) is 5. The van der Waals surface area contributed by atoms with E-state index >= 15 is 0 Å². The Morgan fingerprint density at radius 1 is 1.29 bits per heavy atom. The third-order valence-corrected chi connectivity index (χ3v) is 3.42. The number of benzene rings is 1. The van der Waals surface area contributed by atoms with E-state index in [-0.39, 0.29) is 6.10 Å². The van der Waals surface area contributed by atoms with Crippen LogP contribution in [0, 0.1) is 0 Å². The molecule has 4 N–H and O–H groups in total. The summed E-state index contributed by atoms with van der Waals surface area (Å²) in [7, 11) is -3.26. The summed E-state index contributed by atoms with van der Waals surface area (Å²) in [6, 6.07) is 5.38. The molecule has 0 saturated carbocycles. The van der Waals surface area contributed by atoms with Gasteiger partial charge in [0.25, 0.3) is 0 Å². The highest BCUT2D eigenvalue weighted by Crippen LogP contribution is 2.24. The number of anilines is 2. The Hall–Kier alpha value is -1.47. The molecule has 0 atom stereocenters. The van der Waals surface area contributed by atoms with Gasteiger partial charge in [0.15, 0.2) is 0 Å². The average Bonchev–Trinajstić information content (AvgIpc) is 2.21. The average molecular weight is 315 g/mol. The second kappa shape index (κ2) is 6.53. The molecule has 0 heterocycles. The Morgan fingerprint density at radius 3 is 2.43 bits per heavy atom. The molecular weight excluding hydrogens is 290 g/mol. The van der Waals surface area contributed by atoms with Gasteiger partial charge in [0.1, 0.15) is 5.75 Å². The van der Waals surface area contributed by atoms with Crippen molar-refractivity contribution in [1.29, 1.82) is 0 Å². The molecule has 1 rings (SSSR count). The normalized spacial score (nSPS) is 12.5. The fourth-order valence-corrected chi connectivity index (χ4v) is 3.00. The van der Waals surface area contributed by atoms with Crippen molar-refractivity contribution in [2.75, 3.05) is 23.9 Å². The Bertz CT molecular complexity index is 583. The van der Waals surface area contributed by atoms with Crippen LogP contribution >= 0.6 is 0 Å². The van der Waals surface area contributed by atoms with Crippen LogP contribution in [0.1, 0.15) is 27.7 Å². The molecule has 120 valence electrons. The summed E-state index contributed by atoms with van der Waals surface area (Å²) in [4.78, 5) is 0. The molecule has 1 aromatic carbocycles. The third kappa shape index (κ3) is 7.19. The van der Waals surface area contributed by atoms with E-state index in [9.17, 15) is 8.42 Å². The Balaban J connectivity index is 2.77. The van der Waals surface area contributed by atoms with Crippen LogP contribution in [0.4, 0.5) is 11.4 Å². The van der Waals surface area contributed by atoms with E-state index in [0.717, 1.165) is 11.9 Å². The van der Waals surface area contributed by atoms with Crippen LogP contribution < -0.4 is 20.5 Å². The van der Waals surface area contributed by atoms with Crippen LogP contribution in [0.2, 0.25) is 0 Å². The van der Waals surface area contributed by atoms with Gasteiger partial charge in [-0.2, -0.15) is 0 Å². The zero-order chi connectivity index (χ0) is 16.3. The van der Waals surface area contributed by atoms with Crippen molar-refractivity contribution >= 4 is 21.4 Å².